The first-order valence-corrected chi connectivity index (χ1v) is 7.33. The Kier molecular flexibility index (Phi) is 3.58. The smallest absolute Gasteiger partial charge is 0.171 e. The topological polar surface area (TPSA) is 65.2 Å². The second-order valence-corrected chi connectivity index (χ2v) is 5.66. The number of ether oxygens (including phenoxy) is 1. The number of Topliss-reactive ketones (excluding diaryl/α,β-unsaturated/α-hetero) is 1. The minimum absolute atomic E-state index is 0.0514. The molecule has 0 aliphatic carbocycles. The molecule has 0 unspecified atom stereocenters. The molecule has 0 fully saturated rings. The number of benzene rings is 1. The Morgan fingerprint density at radius 1 is 1.29 bits per heavy atom. The number of nitrogen functional groups attached to an aromatic ring is 1. The number of nitrogens with zero attached hydrogens (tertiary/aromatic N) is 1. The number of thiophene rings is 1. The van der Waals surface area contributed by atoms with Gasteiger partial charge in [0.1, 0.15) is 17.2 Å². The Bertz CT molecular complexity index is 797. The molecule has 0 radical (unpaired) electrons. The van der Waals surface area contributed by atoms with Crippen LogP contribution in [0.15, 0.2) is 42.6 Å². The van der Waals surface area contributed by atoms with E-state index in [2.05, 4.69) is 4.98 Å². The van der Waals surface area contributed by atoms with E-state index in [0.717, 1.165) is 15.8 Å². The van der Waals surface area contributed by atoms with Crippen molar-refractivity contribution in [3.63, 3.8) is 0 Å². The maximum atomic E-state index is 11.6. The molecule has 0 saturated heterocycles. The van der Waals surface area contributed by atoms with E-state index in [9.17, 15) is 4.79 Å². The van der Waals surface area contributed by atoms with Crippen molar-refractivity contribution in [3.05, 3.63) is 53.0 Å². The number of fused-ring (bicyclic) bond motifs is 1. The van der Waals surface area contributed by atoms with Crippen molar-refractivity contribution in [2.75, 3.05) is 5.73 Å². The van der Waals surface area contributed by atoms with E-state index >= 15 is 0 Å². The summed E-state index contributed by atoms with van der Waals surface area (Å²) in [4.78, 5) is 17.1. The number of ketones is 1. The summed E-state index contributed by atoms with van der Waals surface area (Å²) in [5.41, 5.74) is 7.61. The van der Waals surface area contributed by atoms with Gasteiger partial charge in [0.05, 0.1) is 16.0 Å². The summed E-state index contributed by atoms with van der Waals surface area (Å²) in [6.45, 7) is 1.95. The van der Waals surface area contributed by atoms with Crippen LogP contribution in [0.4, 0.5) is 5.69 Å². The first-order valence-electron chi connectivity index (χ1n) is 6.51. The van der Waals surface area contributed by atoms with Gasteiger partial charge in [0.2, 0.25) is 0 Å². The van der Waals surface area contributed by atoms with Crippen LogP contribution in [0.1, 0.15) is 22.2 Å². The highest BCUT2D eigenvalue weighted by atomic mass is 32.1. The number of nitrogens with two attached hydrogens (primary N) is 1. The zero-order chi connectivity index (χ0) is 14.8. The summed E-state index contributed by atoms with van der Waals surface area (Å²) in [5, 5.41) is 0.726. The molecule has 0 aliphatic rings. The lowest BCUT2D eigenvalue weighted by molar-refractivity contribution is 0.102. The molecule has 0 saturated carbocycles. The van der Waals surface area contributed by atoms with Gasteiger partial charge in [-0.2, -0.15) is 0 Å². The van der Waals surface area contributed by atoms with E-state index in [1.807, 2.05) is 30.3 Å². The van der Waals surface area contributed by atoms with Gasteiger partial charge in [0.25, 0.3) is 0 Å². The number of pyridine rings is 1. The summed E-state index contributed by atoms with van der Waals surface area (Å²) < 4.78 is 5.85. The van der Waals surface area contributed by atoms with Gasteiger partial charge < -0.3 is 10.5 Å². The fraction of sp³-hybridized carbons (Fsp3) is 0.125. The van der Waals surface area contributed by atoms with Gasteiger partial charge in [-0.15, -0.1) is 11.3 Å². The molecule has 2 N–H and O–H groups in total. The number of carbonyl (C=O) groups excluding carboxylic acids is 1. The molecule has 2 aromatic heterocycles. The molecule has 0 bridgehead atoms. The molecule has 106 valence electrons. The molecule has 0 aliphatic heterocycles. The quantitative estimate of drug-likeness (QED) is 0.746. The number of hydrogen-bond acceptors (Lipinski definition) is 5. The molecule has 5 heteroatoms. The van der Waals surface area contributed by atoms with Crippen LogP contribution in [0.25, 0.3) is 10.2 Å². The second kappa shape index (κ2) is 5.54. The highest BCUT2D eigenvalue weighted by Gasteiger charge is 2.17. The minimum atomic E-state index is -0.0514. The monoisotopic (exact) mass is 298 g/mol. The number of aromatic nitrogens is 1. The third kappa shape index (κ3) is 2.60. The van der Waals surface area contributed by atoms with Crippen LogP contribution >= 0.6 is 11.3 Å². The molecule has 0 atom stereocenters. The zero-order valence-corrected chi connectivity index (χ0v) is 12.3. The van der Waals surface area contributed by atoms with Crippen molar-refractivity contribution in [3.8, 4) is 5.75 Å². The minimum Gasteiger partial charge on any atom is -0.488 e. The zero-order valence-electron chi connectivity index (χ0n) is 11.5. The van der Waals surface area contributed by atoms with E-state index in [-0.39, 0.29) is 5.78 Å². The first kappa shape index (κ1) is 13.6. The maximum absolute atomic E-state index is 11.6. The van der Waals surface area contributed by atoms with E-state index in [1.165, 1.54) is 18.3 Å². The second-order valence-electron chi connectivity index (χ2n) is 4.66. The Hall–Kier alpha value is -2.40. The molecule has 2 heterocycles. The van der Waals surface area contributed by atoms with Crippen molar-refractivity contribution in [2.45, 2.75) is 13.5 Å². The summed E-state index contributed by atoms with van der Waals surface area (Å²) in [6, 6.07) is 11.7. The fourth-order valence-electron chi connectivity index (χ4n) is 2.13. The highest BCUT2D eigenvalue weighted by molar-refractivity contribution is 7.21. The molecule has 0 spiro atoms. The predicted molar refractivity (Wildman–Crippen MR) is 84.8 cm³/mol. The predicted octanol–water partition coefficient (Wildman–Crippen LogP) is 3.66. The van der Waals surface area contributed by atoms with Crippen molar-refractivity contribution in [2.24, 2.45) is 0 Å². The van der Waals surface area contributed by atoms with Gasteiger partial charge >= 0.3 is 0 Å². The number of hydrogen-bond donors (Lipinski definition) is 1. The standard InChI is InChI=1S/C16H14N2O2S/c1-10(19)15-14(17)13-12(7-8-18-16(13)21-15)20-9-11-5-3-2-4-6-11/h2-8H,9,17H2,1H3. The van der Waals surface area contributed by atoms with Gasteiger partial charge in [-0.3, -0.25) is 4.79 Å². The molecule has 3 rings (SSSR count). The molecule has 4 nitrogen and oxygen atoms in total. The van der Waals surface area contributed by atoms with Crippen LogP contribution < -0.4 is 10.5 Å². The normalized spacial score (nSPS) is 10.7. The van der Waals surface area contributed by atoms with E-state index in [0.29, 0.717) is 22.9 Å². The SMILES string of the molecule is CC(=O)c1sc2nccc(OCc3ccccc3)c2c1N. The average Bonchev–Trinajstić information content (AvgIpc) is 2.84. The van der Waals surface area contributed by atoms with Gasteiger partial charge in [-0.25, -0.2) is 4.98 Å². The molecule has 21 heavy (non-hydrogen) atoms. The number of carbonyl (C=O) groups is 1. The van der Waals surface area contributed by atoms with E-state index in [1.54, 1.807) is 12.3 Å². The Balaban J connectivity index is 1.97. The van der Waals surface area contributed by atoms with Gasteiger partial charge in [0.15, 0.2) is 5.78 Å². The fourth-order valence-corrected chi connectivity index (χ4v) is 3.11. The largest absolute Gasteiger partial charge is 0.488 e. The summed E-state index contributed by atoms with van der Waals surface area (Å²) in [6.07, 6.45) is 1.67. The average molecular weight is 298 g/mol. The molecular formula is C16H14N2O2S. The third-order valence-corrected chi connectivity index (χ3v) is 4.36. The van der Waals surface area contributed by atoms with Gasteiger partial charge in [-0.05, 0) is 11.6 Å². The van der Waals surface area contributed by atoms with E-state index in [4.69, 9.17) is 10.5 Å². The number of rotatable bonds is 4. The van der Waals surface area contributed by atoms with E-state index < -0.39 is 0 Å². The summed E-state index contributed by atoms with van der Waals surface area (Å²) in [5.74, 6) is 0.606. The lowest BCUT2D eigenvalue weighted by Gasteiger charge is -2.07. The lowest BCUT2D eigenvalue weighted by Crippen LogP contribution is -1.98. The van der Waals surface area contributed by atoms with Gasteiger partial charge in [-0.1, -0.05) is 30.3 Å². The van der Waals surface area contributed by atoms with Gasteiger partial charge in [0, 0.05) is 13.1 Å². The van der Waals surface area contributed by atoms with Crippen LogP contribution in [0.5, 0.6) is 5.75 Å². The Morgan fingerprint density at radius 2 is 2.05 bits per heavy atom. The Labute approximate surface area is 126 Å². The van der Waals surface area contributed by atoms with Crippen molar-refractivity contribution in [1.29, 1.82) is 0 Å². The molecule has 1 aromatic carbocycles. The summed E-state index contributed by atoms with van der Waals surface area (Å²) in [7, 11) is 0. The van der Waals surface area contributed by atoms with Crippen LogP contribution in [-0.4, -0.2) is 10.8 Å². The summed E-state index contributed by atoms with van der Waals surface area (Å²) >= 11 is 1.30. The van der Waals surface area contributed by atoms with Crippen molar-refractivity contribution < 1.29 is 9.53 Å². The van der Waals surface area contributed by atoms with Crippen molar-refractivity contribution >= 4 is 33.0 Å². The Morgan fingerprint density at radius 3 is 2.76 bits per heavy atom. The third-order valence-electron chi connectivity index (χ3n) is 3.15. The maximum Gasteiger partial charge on any atom is 0.171 e. The lowest BCUT2D eigenvalue weighted by atomic mass is 10.2. The molecular weight excluding hydrogens is 284 g/mol. The van der Waals surface area contributed by atoms with Crippen molar-refractivity contribution in [1.82, 2.24) is 4.98 Å². The first-order chi connectivity index (χ1) is 10.2. The number of anilines is 1. The van der Waals surface area contributed by atoms with Crippen LogP contribution in [-0.2, 0) is 6.61 Å². The van der Waals surface area contributed by atoms with Crippen LogP contribution in [0.3, 0.4) is 0 Å². The highest BCUT2D eigenvalue weighted by Crippen LogP contribution is 2.38. The van der Waals surface area contributed by atoms with Crippen LogP contribution in [0, 0.1) is 0 Å². The molecule has 3 aromatic rings. The van der Waals surface area contributed by atoms with Crippen LogP contribution in [0.2, 0.25) is 0 Å². The molecule has 0 amide bonds.